The Morgan fingerprint density at radius 1 is 0.828 bits per heavy atom. The van der Waals surface area contributed by atoms with Gasteiger partial charge in [-0.3, -0.25) is 0 Å². The van der Waals surface area contributed by atoms with Crippen LogP contribution in [0.4, 0.5) is 20.6 Å². The van der Waals surface area contributed by atoms with Crippen molar-refractivity contribution in [2.45, 2.75) is 11.3 Å². The van der Waals surface area contributed by atoms with Crippen LogP contribution in [0, 0.1) is 5.82 Å². The number of sulfonamides is 1. The van der Waals surface area contributed by atoms with Crippen molar-refractivity contribution in [1.82, 2.24) is 4.72 Å². The van der Waals surface area contributed by atoms with Gasteiger partial charge in [-0.15, -0.1) is 0 Å². The molecule has 6 nitrogen and oxygen atoms in total. The Balaban J connectivity index is 1.55. The van der Waals surface area contributed by atoms with Gasteiger partial charge in [0.2, 0.25) is 10.0 Å². The van der Waals surface area contributed by atoms with Crippen molar-refractivity contribution in [2.75, 3.05) is 17.2 Å². The summed E-state index contributed by atoms with van der Waals surface area (Å²) < 4.78 is 40.5. The second kappa shape index (κ2) is 9.31. The van der Waals surface area contributed by atoms with E-state index in [0.29, 0.717) is 17.8 Å². The van der Waals surface area contributed by atoms with Crippen LogP contribution in [0.3, 0.4) is 0 Å². The van der Waals surface area contributed by atoms with Gasteiger partial charge in [0, 0.05) is 17.9 Å². The minimum atomic E-state index is -3.65. The molecule has 0 saturated carbocycles. The minimum Gasteiger partial charge on any atom is -0.308 e. The fourth-order valence-corrected chi connectivity index (χ4v) is 3.67. The SMILES string of the molecule is O=C(Nc1ccc(S(=O)(=O)NCCc2ccccc2)cc1)Nc1cccc(F)c1. The van der Waals surface area contributed by atoms with Crippen LogP contribution in [-0.2, 0) is 16.4 Å². The van der Waals surface area contributed by atoms with Crippen LogP contribution >= 0.6 is 0 Å². The van der Waals surface area contributed by atoms with Gasteiger partial charge in [-0.25, -0.2) is 22.3 Å². The van der Waals surface area contributed by atoms with Gasteiger partial charge >= 0.3 is 6.03 Å². The number of anilines is 2. The molecule has 150 valence electrons. The van der Waals surface area contributed by atoms with E-state index in [1.54, 1.807) is 6.07 Å². The quantitative estimate of drug-likeness (QED) is 0.547. The van der Waals surface area contributed by atoms with Crippen LogP contribution in [0.25, 0.3) is 0 Å². The van der Waals surface area contributed by atoms with Crippen molar-refractivity contribution in [3.63, 3.8) is 0 Å². The highest BCUT2D eigenvalue weighted by Gasteiger charge is 2.13. The lowest BCUT2D eigenvalue weighted by molar-refractivity contribution is 0.262. The van der Waals surface area contributed by atoms with Gasteiger partial charge in [0.1, 0.15) is 5.82 Å². The predicted molar refractivity (Wildman–Crippen MR) is 111 cm³/mol. The van der Waals surface area contributed by atoms with Crippen LogP contribution in [0.2, 0.25) is 0 Å². The molecule has 0 spiro atoms. The highest BCUT2D eigenvalue weighted by Crippen LogP contribution is 2.15. The number of carbonyl (C=O) groups is 1. The third kappa shape index (κ3) is 6.13. The standard InChI is InChI=1S/C21H20FN3O3S/c22-17-7-4-8-19(15-17)25-21(26)24-18-9-11-20(12-10-18)29(27,28)23-14-13-16-5-2-1-3-6-16/h1-12,15,23H,13-14H2,(H2,24,25,26). The molecule has 29 heavy (non-hydrogen) atoms. The van der Waals surface area contributed by atoms with Crippen LogP contribution in [0.1, 0.15) is 5.56 Å². The molecule has 0 radical (unpaired) electrons. The predicted octanol–water partition coefficient (Wildman–Crippen LogP) is 3.99. The molecule has 0 aliphatic heterocycles. The summed E-state index contributed by atoms with van der Waals surface area (Å²) in [6, 6.07) is 20.3. The average molecular weight is 413 g/mol. The summed E-state index contributed by atoms with van der Waals surface area (Å²) >= 11 is 0. The zero-order chi connectivity index (χ0) is 20.7. The lowest BCUT2D eigenvalue weighted by Gasteiger charge is -2.10. The van der Waals surface area contributed by atoms with Crippen molar-refractivity contribution in [3.8, 4) is 0 Å². The summed E-state index contributed by atoms with van der Waals surface area (Å²) in [7, 11) is -3.65. The minimum absolute atomic E-state index is 0.0988. The first-order valence-corrected chi connectivity index (χ1v) is 10.4. The third-order valence-corrected chi connectivity index (χ3v) is 5.53. The molecule has 0 bridgehead atoms. The van der Waals surface area contributed by atoms with E-state index in [2.05, 4.69) is 15.4 Å². The topological polar surface area (TPSA) is 87.3 Å². The van der Waals surface area contributed by atoms with Crippen molar-refractivity contribution < 1.29 is 17.6 Å². The molecule has 3 N–H and O–H groups in total. The van der Waals surface area contributed by atoms with Crippen LogP contribution in [0.5, 0.6) is 0 Å². The molecule has 3 aromatic rings. The van der Waals surface area contributed by atoms with E-state index in [0.717, 1.165) is 5.56 Å². The fourth-order valence-electron chi connectivity index (χ4n) is 2.63. The zero-order valence-electron chi connectivity index (χ0n) is 15.4. The largest absolute Gasteiger partial charge is 0.323 e. The first-order valence-electron chi connectivity index (χ1n) is 8.90. The van der Waals surface area contributed by atoms with Gasteiger partial charge in [-0.05, 0) is 54.4 Å². The van der Waals surface area contributed by atoms with Gasteiger partial charge in [0.05, 0.1) is 4.90 Å². The monoisotopic (exact) mass is 413 g/mol. The van der Waals surface area contributed by atoms with E-state index in [9.17, 15) is 17.6 Å². The van der Waals surface area contributed by atoms with E-state index in [-0.39, 0.29) is 11.4 Å². The smallest absolute Gasteiger partial charge is 0.308 e. The first kappa shape index (κ1) is 20.5. The molecule has 8 heteroatoms. The van der Waals surface area contributed by atoms with E-state index in [4.69, 9.17) is 0 Å². The number of urea groups is 1. The maximum absolute atomic E-state index is 13.2. The number of amides is 2. The lowest BCUT2D eigenvalue weighted by Crippen LogP contribution is -2.26. The molecule has 0 unspecified atom stereocenters. The summed E-state index contributed by atoms with van der Waals surface area (Å²) in [5, 5.41) is 5.06. The van der Waals surface area contributed by atoms with Crippen molar-refractivity contribution in [3.05, 3.63) is 90.2 Å². The van der Waals surface area contributed by atoms with Gasteiger partial charge in [-0.1, -0.05) is 36.4 Å². The first-order chi connectivity index (χ1) is 13.9. The van der Waals surface area contributed by atoms with E-state index in [1.807, 2.05) is 30.3 Å². The number of carbonyl (C=O) groups excluding carboxylic acids is 1. The number of benzene rings is 3. The molecular formula is C21H20FN3O3S. The highest BCUT2D eigenvalue weighted by atomic mass is 32.2. The van der Waals surface area contributed by atoms with E-state index in [1.165, 1.54) is 42.5 Å². The molecule has 0 fully saturated rings. The maximum atomic E-state index is 13.2. The molecule has 0 aliphatic carbocycles. The molecular weight excluding hydrogens is 393 g/mol. The Hall–Kier alpha value is -3.23. The molecule has 0 atom stereocenters. The normalized spacial score (nSPS) is 11.1. The summed E-state index contributed by atoms with van der Waals surface area (Å²) in [6.45, 7) is 0.280. The molecule has 0 aliphatic rings. The Labute approximate surface area is 168 Å². The summed E-state index contributed by atoms with van der Waals surface area (Å²) in [6.07, 6.45) is 0.583. The number of hydrogen-bond acceptors (Lipinski definition) is 3. The van der Waals surface area contributed by atoms with Gasteiger partial charge < -0.3 is 10.6 Å². The number of halogens is 1. The summed E-state index contributed by atoms with van der Waals surface area (Å²) in [4.78, 5) is 12.1. The molecule has 0 saturated heterocycles. The highest BCUT2D eigenvalue weighted by molar-refractivity contribution is 7.89. The third-order valence-electron chi connectivity index (χ3n) is 4.05. The zero-order valence-corrected chi connectivity index (χ0v) is 16.2. The van der Waals surface area contributed by atoms with Crippen LogP contribution < -0.4 is 15.4 Å². The van der Waals surface area contributed by atoms with E-state index >= 15 is 0 Å². The Bertz CT molecular complexity index is 1070. The Morgan fingerprint density at radius 2 is 1.52 bits per heavy atom. The van der Waals surface area contributed by atoms with Gasteiger partial charge in [0.25, 0.3) is 0 Å². The molecule has 0 heterocycles. The Morgan fingerprint density at radius 3 is 2.21 bits per heavy atom. The summed E-state index contributed by atoms with van der Waals surface area (Å²) in [5.41, 5.74) is 1.76. The fraction of sp³-hybridized carbons (Fsp3) is 0.0952. The van der Waals surface area contributed by atoms with Crippen molar-refractivity contribution >= 4 is 27.4 Å². The van der Waals surface area contributed by atoms with Gasteiger partial charge in [-0.2, -0.15) is 0 Å². The number of hydrogen-bond donors (Lipinski definition) is 3. The van der Waals surface area contributed by atoms with Crippen molar-refractivity contribution in [2.24, 2.45) is 0 Å². The Kier molecular flexibility index (Phi) is 6.58. The second-order valence-electron chi connectivity index (χ2n) is 6.25. The molecule has 2 amide bonds. The number of rotatable bonds is 7. The van der Waals surface area contributed by atoms with Crippen molar-refractivity contribution in [1.29, 1.82) is 0 Å². The molecule has 3 aromatic carbocycles. The number of nitrogens with one attached hydrogen (secondary N) is 3. The van der Waals surface area contributed by atoms with Gasteiger partial charge in [0.15, 0.2) is 0 Å². The van der Waals surface area contributed by atoms with Crippen LogP contribution in [-0.4, -0.2) is 21.0 Å². The maximum Gasteiger partial charge on any atom is 0.323 e. The molecule has 3 rings (SSSR count). The second-order valence-corrected chi connectivity index (χ2v) is 8.01. The van der Waals surface area contributed by atoms with Crippen LogP contribution in [0.15, 0.2) is 83.8 Å². The lowest BCUT2D eigenvalue weighted by atomic mass is 10.2. The summed E-state index contributed by atoms with van der Waals surface area (Å²) in [5.74, 6) is -0.461. The molecule has 0 aromatic heterocycles. The average Bonchev–Trinajstić information content (AvgIpc) is 2.69. The van der Waals surface area contributed by atoms with E-state index < -0.39 is 21.9 Å².